The molecule has 0 heterocycles. The summed E-state index contributed by atoms with van der Waals surface area (Å²) in [6.07, 6.45) is 8.00. The zero-order valence-corrected chi connectivity index (χ0v) is 22.2. The first-order chi connectivity index (χ1) is 16.2. The van der Waals surface area contributed by atoms with Gasteiger partial charge in [0.2, 0.25) is 0 Å². The zero-order valence-electron chi connectivity index (χ0n) is 22.2. The molecule has 180 valence electrons. The number of unbranched alkanes of at least 4 members (excludes halogenated alkanes) is 1. The van der Waals surface area contributed by atoms with Crippen molar-refractivity contribution in [1.29, 1.82) is 0 Å². The predicted octanol–water partition coefficient (Wildman–Crippen LogP) is 10.3. The first-order valence-corrected chi connectivity index (χ1v) is 13.0. The maximum Gasteiger partial charge on any atom is 0.0467 e. The molecule has 0 saturated carbocycles. The Labute approximate surface area is 208 Å². The summed E-state index contributed by atoms with van der Waals surface area (Å²) in [5, 5.41) is 0. The van der Waals surface area contributed by atoms with E-state index < -0.39 is 0 Å². The van der Waals surface area contributed by atoms with E-state index in [2.05, 4.69) is 126 Å². The fourth-order valence-corrected chi connectivity index (χ4v) is 4.89. The van der Waals surface area contributed by atoms with Crippen molar-refractivity contribution in [2.75, 3.05) is 4.90 Å². The van der Waals surface area contributed by atoms with Crippen LogP contribution in [0.5, 0.6) is 0 Å². The highest BCUT2D eigenvalue weighted by molar-refractivity contribution is 5.78. The van der Waals surface area contributed by atoms with E-state index >= 15 is 0 Å². The number of hydrogen-bond acceptors (Lipinski definition) is 1. The molecular formula is C33H43N. The molecule has 34 heavy (non-hydrogen) atoms. The van der Waals surface area contributed by atoms with E-state index in [1.54, 1.807) is 0 Å². The van der Waals surface area contributed by atoms with Gasteiger partial charge in [0.1, 0.15) is 0 Å². The summed E-state index contributed by atoms with van der Waals surface area (Å²) >= 11 is 0. The van der Waals surface area contributed by atoms with Crippen molar-refractivity contribution in [3.05, 3.63) is 96.1 Å². The Morgan fingerprint density at radius 2 is 1.21 bits per heavy atom. The number of rotatable bonds is 11. The van der Waals surface area contributed by atoms with Crippen LogP contribution in [-0.4, -0.2) is 0 Å². The molecule has 0 unspecified atom stereocenters. The van der Waals surface area contributed by atoms with Gasteiger partial charge in [0.05, 0.1) is 0 Å². The van der Waals surface area contributed by atoms with Gasteiger partial charge in [0, 0.05) is 17.1 Å². The second-order valence-electron chi connectivity index (χ2n) is 10.8. The van der Waals surface area contributed by atoms with Gasteiger partial charge in [-0.15, -0.1) is 0 Å². The molecule has 3 aromatic carbocycles. The molecule has 0 saturated heterocycles. The summed E-state index contributed by atoms with van der Waals surface area (Å²) in [7, 11) is 0. The topological polar surface area (TPSA) is 3.24 Å². The Hall–Kier alpha value is -2.80. The largest absolute Gasteiger partial charge is 0.310 e. The van der Waals surface area contributed by atoms with Crippen molar-refractivity contribution in [2.45, 2.75) is 84.5 Å². The normalized spacial score (nSPS) is 11.9. The van der Waals surface area contributed by atoms with E-state index in [0.29, 0.717) is 0 Å². The molecule has 0 atom stereocenters. The van der Waals surface area contributed by atoms with Crippen LogP contribution in [0.2, 0.25) is 0 Å². The highest BCUT2D eigenvalue weighted by Crippen LogP contribution is 2.38. The molecule has 0 spiro atoms. The Morgan fingerprint density at radius 1 is 0.676 bits per heavy atom. The van der Waals surface area contributed by atoms with Crippen LogP contribution in [0, 0.1) is 0 Å². The lowest BCUT2D eigenvalue weighted by molar-refractivity contribution is 0.458. The van der Waals surface area contributed by atoms with Crippen molar-refractivity contribution in [3.8, 4) is 0 Å². The molecule has 0 amide bonds. The maximum atomic E-state index is 3.98. The smallest absolute Gasteiger partial charge is 0.0467 e. The number of nitrogens with zero attached hydrogens (tertiary/aromatic N) is 1. The van der Waals surface area contributed by atoms with E-state index in [1.807, 2.05) is 6.08 Å². The summed E-state index contributed by atoms with van der Waals surface area (Å²) in [5.41, 5.74) is 7.80. The standard InChI is InChI=1S/C33H43N/c1-8-11-24-33(6,7)28-17-21-30(22-18-28)34(31-14-12-13-26(10-3)25-31)29-19-15-27(16-20-29)32(4,5)23-9-2/h10,12-22,25H,3,8-9,11,23-24H2,1-2,4-7H3. The summed E-state index contributed by atoms with van der Waals surface area (Å²) in [5.74, 6) is 0. The average Bonchev–Trinajstić information content (AvgIpc) is 2.84. The van der Waals surface area contributed by atoms with Gasteiger partial charge in [0.25, 0.3) is 0 Å². The average molecular weight is 454 g/mol. The Balaban J connectivity index is 2.02. The monoisotopic (exact) mass is 453 g/mol. The lowest BCUT2D eigenvalue weighted by atomic mass is 9.80. The maximum absolute atomic E-state index is 3.98. The van der Waals surface area contributed by atoms with E-state index in [4.69, 9.17) is 0 Å². The molecule has 0 N–H and O–H groups in total. The van der Waals surface area contributed by atoms with Crippen molar-refractivity contribution in [3.63, 3.8) is 0 Å². The van der Waals surface area contributed by atoms with E-state index in [1.165, 1.54) is 54.6 Å². The molecule has 0 aromatic heterocycles. The van der Waals surface area contributed by atoms with Gasteiger partial charge in [0.15, 0.2) is 0 Å². The fourth-order valence-electron chi connectivity index (χ4n) is 4.89. The van der Waals surface area contributed by atoms with Gasteiger partial charge in [-0.3, -0.25) is 0 Å². The lowest BCUT2D eigenvalue weighted by Crippen LogP contribution is -2.18. The molecule has 0 aliphatic rings. The summed E-state index contributed by atoms with van der Waals surface area (Å²) in [6.45, 7) is 17.9. The third-order valence-electron chi connectivity index (χ3n) is 7.21. The van der Waals surface area contributed by atoms with E-state index in [9.17, 15) is 0 Å². The minimum atomic E-state index is 0.187. The number of hydrogen-bond donors (Lipinski definition) is 0. The van der Waals surface area contributed by atoms with Crippen LogP contribution >= 0.6 is 0 Å². The fraction of sp³-hybridized carbons (Fsp3) is 0.394. The molecule has 1 heteroatoms. The second kappa shape index (κ2) is 11.1. The first kappa shape index (κ1) is 25.8. The first-order valence-electron chi connectivity index (χ1n) is 13.0. The van der Waals surface area contributed by atoms with Crippen molar-refractivity contribution < 1.29 is 0 Å². The SMILES string of the molecule is C=Cc1cccc(N(c2ccc(C(C)(C)CCC)cc2)c2ccc(C(C)(C)CCCC)cc2)c1. The molecule has 0 bridgehead atoms. The van der Waals surface area contributed by atoms with Crippen LogP contribution < -0.4 is 4.90 Å². The van der Waals surface area contributed by atoms with Crippen LogP contribution in [0.4, 0.5) is 17.1 Å². The molecule has 3 rings (SSSR count). The Bertz CT molecular complexity index is 1050. The zero-order chi connectivity index (χ0) is 24.8. The second-order valence-corrected chi connectivity index (χ2v) is 10.8. The van der Waals surface area contributed by atoms with Crippen LogP contribution in [0.1, 0.15) is 90.3 Å². The third kappa shape index (κ3) is 6.00. The highest BCUT2D eigenvalue weighted by Gasteiger charge is 2.22. The number of benzene rings is 3. The molecular weight excluding hydrogens is 410 g/mol. The molecule has 1 nitrogen and oxygen atoms in total. The predicted molar refractivity (Wildman–Crippen MR) is 152 cm³/mol. The van der Waals surface area contributed by atoms with Gasteiger partial charge in [-0.25, -0.2) is 0 Å². The van der Waals surface area contributed by atoms with Gasteiger partial charge in [-0.05, 0) is 76.8 Å². The van der Waals surface area contributed by atoms with E-state index in [0.717, 1.165) is 11.3 Å². The van der Waals surface area contributed by atoms with Crippen LogP contribution in [0.3, 0.4) is 0 Å². The molecule has 0 fully saturated rings. The molecule has 0 radical (unpaired) electrons. The Morgan fingerprint density at radius 3 is 1.68 bits per heavy atom. The van der Waals surface area contributed by atoms with Crippen LogP contribution in [0.25, 0.3) is 6.08 Å². The third-order valence-corrected chi connectivity index (χ3v) is 7.21. The molecule has 0 aliphatic heterocycles. The van der Waals surface area contributed by atoms with Gasteiger partial charge >= 0.3 is 0 Å². The van der Waals surface area contributed by atoms with Crippen LogP contribution in [0.15, 0.2) is 79.4 Å². The van der Waals surface area contributed by atoms with Crippen molar-refractivity contribution in [2.24, 2.45) is 0 Å². The van der Waals surface area contributed by atoms with Gasteiger partial charge < -0.3 is 4.90 Å². The molecule has 3 aromatic rings. The van der Waals surface area contributed by atoms with Gasteiger partial charge in [-0.1, -0.05) is 110 Å². The minimum absolute atomic E-state index is 0.187. The highest BCUT2D eigenvalue weighted by atomic mass is 15.1. The van der Waals surface area contributed by atoms with Crippen LogP contribution in [-0.2, 0) is 10.8 Å². The quantitative estimate of drug-likeness (QED) is 0.279. The lowest BCUT2D eigenvalue weighted by Gasteiger charge is -2.30. The Kier molecular flexibility index (Phi) is 8.42. The van der Waals surface area contributed by atoms with Gasteiger partial charge in [-0.2, -0.15) is 0 Å². The van der Waals surface area contributed by atoms with Crippen molar-refractivity contribution >= 4 is 23.1 Å². The summed E-state index contributed by atoms with van der Waals surface area (Å²) in [4.78, 5) is 2.35. The van der Waals surface area contributed by atoms with Crippen molar-refractivity contribution in [1.82, 2.24) is 0 Å². The minimum Gasteiger partial charge on any atom is -0.310 e. The number of anilines is 3. The summed E-state index contributed by atoms with van der Waals surface area (Å²) < 4.78 is 0. The van der Waals surface area contributed by atoms with E-state index in [-0.39, 0.29) is 10.8 Å². The molecule has 0 aliphatic carbocycles. The summed E-state index contributed by atoms with van der Waals surface area (Å²) in [6, 6.07) is 26.9.